The summed E-state index contributed by atoms with van der Waals surface area (Å²) in [6.07, 6.45) is 2.02. The highest BCUT2D eigenvalue weighted by atomic mass is 32.1. The van der Waals surface area contributed by atoms with E-state index in [-0.39, 0.29) is 5.69 Å². The summed E-state index contributed by atoms with van der Waals surface area (Å²) < 4.78 is 0.846. The third-order valence-corrected chi connectivity index (χ3v) is 5.93. The van der Waals surface area contributed by atoms with Gasteiger partial charge in [-0.1, -0.05) is 29.7 Å². The molecule has 1 aromatic carbocycles. The molecular formula is C18H19BN4OS. The maximum Gasteiger partial charge on any atom is 0.270 e. The van der Waals surface area contributed by atoms with Crippen LogP contribution >= 0.6 is 11.3 Å². The van der Waals surface area contributed by atoms with Crippen molar-refractivity contribution in [2.24, 2.45) is 11.7 Å². The Balaban J connectivity index is 1.82. The summed E-state index contributed by atoms with van der Waals surface area (Å²) in [7, 11) is 2.07. The minimum atomic E-state index is -0.524. The van der Waals surface area contributed by atoms with Gasteiger partial charge in [-0.25, -0.2) is 0 Å². The van der Waals surface area contributed by atoms with Crippen LogP contribution in [0, 0.1) is 5.92 Å². The van der Waals surface area contributed by atoms with Crippen LogP contribution in [0.4, 0.5) is 0 Å². The molecule has 1 aliphatic rings. The molecule has 1 atom stereocenters. The van der Waals surface area contributed by atoms with Crippen LogP contribution in [0.5, 0.6) is 0 Å². The molecule has 0 spiro atoms. The highest BCUT2D eigenvalue weighted by Crippen LogP contribution is 2.36. The number of hydrogen-bond donors (Lipinski definition) is 2. The fraction of sp³-hybridized carbons (Fsp3) is 0.278. The highest BCUT2D eigenvalue weighted by molar-refractivity contribution is 7.22. The lowest BCUT2D eigenvalue weighted by Crippen LogP contribution is -2.16. The first kappa shape index (κ1) is 16.2. The van der Waals surface area contributed by atoms with Gasteiger partial charge in [0.25, 0.3) is 5.91 Å². The molecule has 0 bridgehead atoms. The molecule has 0 saturated carbocycles. The van der Waals surface area contributed by atoms with Gasteiger partial charge in [0.15, 0.2) is 5.69 Å². The van der Waals surface area contributed by atoms with Gasteiger partial charge in [-0.2, -0.15) is 5.10 Å². The third kappa shape index (κ3) is 3.17. The summed E-state index contributed by atoms with van der Waals surface area (Å²) in [5, 5.41) is 12.9. The van der Waals surface area contributed by atoms with Crippen LogP contribution in [0.15, 0.2) is 30.3 Å². The van der Waals surface area contributed by atoms with Gasteiger partial charge in [-0.3, -0.25) is 4.79 Å². The van der Waals surface area contributed by atoms with Gasteiger partial charge >= 0.3 is 0 Å². The van der Waals surface area contributed by atoms with Gasteiger partial charge in [0.2, 0.25) is 0 Å². The van der Waals surface area contributed by atoms with Gasteiger partial charge < -0.3 is 11.1 Å². The normalized spacial score (nSPS) is 17.2. The molecule has 1 saturated heterocycles. The minimum Gasteiger partial charge on any atom is -0.364 e. The van der Waals surface area contributed by atoms with Crippen LogP contribution in [0.25, 0.3) is 20.5 Å². The molecule has 25 heavy (non-hydrogen) atoms. The number of primary amides is 1. The zero-order valence-corrected chi connectivity index (χ0v) is 14.9. The van der Waals surface area contributed by atoms with Crippen molar-refractivity contribution in [3.8, 4) is 10.4 Å². The first-order valence-corrected chi connectivity index (χ1v) is 9.30. The highest BCUT2D eigenvalue weighted by Gasteiger charge is 2.21. The Morgan fingerprint density at radius 2 is 2.12 bits per heavy atom. The summed E-state index contributed by atoms with van der Waals surface area (Å²) in [5.41, 5.74) is 9.11. The molecule has 0 radical (unpaired) electrons. The largest absolute Gasteiger partial charge is 0.364 e. The fourth-order valence-electron chi connectivity index (χ4n) is 3.33. The lowest BCUT2D eigenvalue weighted by Gasteiger charge is -2.08. The molecule has 1 unspecified atom stereocenters. The molecule has 7 heteroatoms. The van der Waals surface area contributed by atoms with Crippen LogP contribution in [-0.2, 0) is 6.42 Å². The van der Waals surface area contributed by atoms with Crippen molar-refractivity contribution in [2.45, 2.75) is 12.8 Å². The Bertz CT molecular complexity index is 932. The van der Waals surface area contributed by atoms with E-state index in [0.717, 1.165) is 52.2 Å². The van der Waals surface area contributed by atoms with E-state index in [1.807, 2.05) is 0 Å². The number of benzene rings is 1. The molecule has 1 aliphatic heterocycles. The predicted octanol–water partition coefficient (Wildman–Crippen LogP) is 0.868. The summed E-state index contributed by atoms with van der Waals surface area (Å²) in [6, 6.07) is 10.5. The van der Waals surface area contributed by atoms with E-state index in [4.69, 9.17) is 5.73 Å². The number of nitrogens with zero attached hydrogens (tertiary/aromatic N) is 2. The van der Waals surface area contributed by atoms with Crippen LogP contribution in [0.2, 0.25) is 0 Å². The number of fused-ring (bicyclic) bond motifs is 1. The zero-order valence-electron chi connectivity index (χ0n) is 14.1. The van der Waals surface area contributed by atoms with Gasteiger partial charge in [0, 0.05) is 10.3 Å². The molecule has 3 aromatic rings. The van der Waals surface area contributed by atoms with E-state index in [1.54, 1.807) is 11.3 Å². The average Bonchev–Trinajstić information content (AvgIpc) is 3.25. The molecule has 1 fully saturated rings. The number of aromatic nitrogens is 2. The van der Waals surface area contributed by atoms with Gasteiger partial charge in [0.1, 0.15) is 7.85 Å². The zero-order chi connectivity index (χ0) is 17.4. The van der Waals surface area contributed by atoms with E-state index in [2.05, 4.69) is 53.7 Å². The summed E-state index contributed by atoms with van der Waals surface area (Å²) in [5.74, 6) is 0.0449. The van der Waals surface area contributed by atoms with Gasteiger partial charge in [0.05, 0.1) is 10.4 Å². The average molecular weight is 350 g/mol. The molecular weight excluding hydrogens is 331 g/mol. The van der Waals surface area contributed by atoms with Gasteiger partial charge in [-0.05, 0) is 43.5 Å². The van der Waals surface area contributed by atoms with Crippen LogP contribution < -0.4 is 16.5 Å². The number of amides is 1. The number of thiophene rings is 1. The van der Waals surface area contributed by atoms with Crippen molar-refractivity contribution in [3.63, 3.8) is 0 Å². The van der Waals surface area contributed by atoms with E-state index in [9.17, 15) is 4.79 Å². The van der Waals surface area contributed by atoms with Crippen LogP contribution in [0.1, 0.15) is 22.6 Å². The first-order valence-electron chi connectivity index (χ1n) is 8.48. The Kier molecular flexibility index (Phi) is 4.27. The second-order valence-corrected chi connectivity index (χ2v) is 7.69. The molecule has 3 N–H and O–H groups in total. The maximum absolute atomic E-state index is 11.8. The monoisotopic (exact) mass is 350 g/mol. The van der Waals surface area contributed by atoms with Crippen LogP contribution in [-0.4, -0.2) is 37.0 Å². The quantitative estimate of drug-likeness (QED) is 0.684. The van der Waals surface area contributed by atoms with E-state index in [0.29, 0.717) is 5.92 Å². The Hall–Kier alpha value is -2.25. The smallest absolute Gasteiger partial charge is 0.270 e. The Labute approximate surface area is 151 Å². The van der Waals surface area contributed by atoms with Crippen LogP contribution in [0.3, 0.4) is 0 Å². The standard InChI is InChI=1S/C18H19BN4OS/c19-12-3-1-11(2-4-12)15-8-13-14(7-10-5-6-21-9-10)22-23-16(18(20)24)17(13)25-15/h1-4,8,10,21H,5-7,9,19H2,(H2,20,24). The second kappa shape index (κ2) is 6.57. The number of nitrogens with one attached hydrogen (secondary N) is 1. The fourth-order valence-corrected chi connectivity index (χ4v) is 4.50. The number of carbonyl (C=O) groups is 1. The molecule has 126 valence electrons. The molecule has 0 aliphatic carbocycles. The topological polar surface area (TPSA) is 80.9 Å². The molecule has 3 heterocycles. The first-order chi connectivity index (χ1) is 12.1. The summed E-state index contributed by atoms with van der Waals surface area (Å²) in [4.78, 5) is 12.9. The van der Waals surface area contributed by atoms with E-state index in [1.165, 1.54) is 5.46 Å². The van der Waals surface area contributed by atoms with Crippen molar-refractivity contribution in [2.75, 3.05) is 13.1 Å². The number of nitrogens with two attached hydrogens (primary N) is 1. The summed E-state index contributed by atoms with van der Waals surface area (Å²) >= 11 is 1.56. The molecule has 4 rings (SSSR count). The number of rotatable bonds is 4. The number of hydrogen-bond acceptors (Lipinski definition) is 5. The SMILES string of the molecule is Bc1ccc(-c2cc3c(CC4CCNC4)nnc(C(N)=O)c3s2)cc1. The van der Waals surface area contributed by atoms with Crippen molar-refractivity contribution in [1.29, 1.82) is 0 Å². The van der Waals surface area contributed by atoms with Crippen molar-refractivity contribution in [3.05, 3.63) is 41.7 Å². The lowest BCUT2D eigenvalue weighted by atomic mass is 9.95. The molecule has 1 amide bonds. The maximum atomic E-state index is 11.8. The van der Waals surface area contributed by atoms with E-state index < -0.39 is 5.91 Å². The number of carbonyl (C=O) groups excluding carboxylic acids is 1. The Morgan fingerprint density at radius 1 is 1.32 bits per heavy atom. The Morgan fingerprint density at radius 3 is 2.80 bits per heavy atom. The van der Waals surface area contributed by atoms with E-state index >= 15 is 0 Å². The van der Waals surface area contributed by atoms with Crippen molar-refractivity contribution < 1.29 is 4.79 Å². The summed E-state index contributed by atoms with van der Waals surface area (Å²) in [6.45, 7) is 2.06. The second-order valence-electron chi connectivity index (χ2n) is 6.64. The minimum absolute atomic E-state index is 0.270. The third-order valence-electron chi connectivity index (χ3n) is 4.74. The lowest BCUT2D eigenvalue weighted by molar-refractivity contribution is 0.0996. The van der Waals surface area contributed by atoms with Crippen molar-refractivity contribution >= 4 is 40.6 Å². The molecule has 5 nitrogen and oxygen atoms in total. The van der Waals surface area contributed by atoms with Gasteiger partial charge in [-0.15, -0.1) is 16.4 Å². The van der Waals surface area contributed by atoms with Crippen molar-refractivity contribution in [1.82, 2.24) is 15.5 Å². The molecule has 2 aromatic heterocycles. The predicted molar refractivity (Wildman–Crippen MR) is 104 cm³/mol.